The fraction of sp³-hybridized carbons (Fsp3) is 0.269. The minimum atomic E-state index is -0.742. The fourth-order valence-corrected chi connectivity index (χ4v) is 3.61. The first-order valence-corrected chi connectivity index (χ1v) is 11.1. The van der Waals surface area contributed by atoms with Crippen LogP contribution in [0.25, 0.3) is 0 Å². The van der Waals surface area contributed by atoms with Gasteiger partial charge in [0.2, 0.25) is 6.41 Å². The van der Waals surface area contributed by atoms with Crippen LogP contribution in [0.4, 0.5) is 11.4 Å². The van der Waals surface area contributed by atoms with Crippen LogP contribution >= 0.6 is 0 Å². The second kappa shape index (κ2) is 12.6. The molecule has 174 valence electrons. The molecular formula is C26H32N4O3. The molecule has 6 N–H and O–H groups in total. The van der Waals surface area contributed by atoms with E-state index in [2.05, 4.69) is 69.8 Å². The van der Waals surface area contributed by atoms with Gasteiger partial charge in [-0.1, -0.05) is 48.5 Å². The van der Waals surface area contributed by atoms with Gasteiger partial charge in [-0.2, -0.15) is 0 Å². The van der Waals surface area contributed by atoms with E-state index in [0.29, 0.717) is 18.5 Å². The van der Waals surface area contributed by atoms with E-state index in [1.54, 1.807) is 12.1 Å². The van der Waals surface area contributed by atoms with Gasteiger partial charge in [-0.15, -0.1) is 0 Å². The Bertz CT molecular complexity index is 996. The van der Waals surface area contributed by atoms with Gasteiger partial charge in [-0.3, -0.25) is 4.79 Å². The molecule has 0 aliphatic rings. The van der Waals surface area contributed by atoms with Gasteiger partial charge in [0.1, 0.15) is 5.75 Å². The SMILES string of the molecule is CNC(CNc1ccc(CCNCC(O)c2ccc(O)c(NC=O)c2)cc1)c1ccccc1. The molecule has 0 bridgehead atoms. The summed E-state index contributed by atoms with van der Waals surface area (Å²) in [6.45, 7) is 1.88. The number of aliphatic hydroxyl groups excluding tert-OH is 1. The highest BCUT2D eigenvalue weighted by atomic mass is 16.3. The number of carbonyl (C=O) groups excluding carboxylic acids is 1. The molecule has 0 radical (unpaired) electrons. The smallest absolute Gasteiger partial charge is 0.211 e. The van der Waals surface area contributed by atoms with Crippen molar-refractivity contribution in [2.45, 2.75) is 18.6 Å². The molecule has 2 atom stereocenters. The zero-order valence-electron chi connectivity index (χ0n) is 18.8. The zero-order valence-corrected chi connectivity index (χ0v) is 18.8. The van der Waals surface area contributed by atoms with Crippen molar-refractivity contribution >= 4 is 17.8 Å². The summed E-state index contributed by atoms with van der Waals surface area (Å²) in [5.74, 6) is -0.0366. The third-order valence-electron chi connectivity index (χ3n) is 5.56. The second-order valence-corrected chi connectivity index (χ2v) is 7.84. The Morgan fingerprint density at radius 3 is 2.39 bits per heavy atom. The maximum atomic E-state index is 10.6. The summed E-state index contributed by atoms with van der Waals surface area (Å²) in [5.41, 5.74) is 4.43. The number of benzene rings is 3. The van der Waals surface area contributed by atoms with Gasteiger partial charge in [0.25, 0.3) is 0 Å². The minimum Gasteiger partial charge on any atom is -0.506 e. The van der Waals surface area contributed by atoms with Gasteiger partial charge in [0.05, 0.1) is 11.8 Å². The third kappa shape index (κ3) is 7.32. The lowest BCUT2D eigenvalue weighted by atomic mass is 10.1. The predicted molar refractivity (Wildman–Crippen MR) is 133 cm³/mol. The molecule has 3 aromatic rings. The quantitative estimate of drug-likeness (QED) is 0.136. The molecule has 0 aromatic heterocycles. The van der Waals surface area contributed by atoms with Gasteiger partial charge >= 0.3 is 0 Å². The molecule has 1 amide bonds. The van der Waals surface area contributed by atoms with Crippen molar-refractivity contribution in [2.24, 2.45) is 0 Å². The molecule has 0 spiro atoms. The van der Waals surface area contributed by atoms with Crippen molar-refractivity contribution in [3.63, 3.8) is 0 Å². The number of phenols is 1. The molecule has 0 fully saturated rings. The topological polar surface area (TPSA) is 106 Å². The van der Waals surface area contributed by atoms with Crippen LogP contribution in [0.2, 0.25) is 0 Å². The Morgan fingerprint density at radius 2 is 1.70 bits per heavy atom. The maximum absolute atomic E-state index is 10.6. The van der Waals surface area contributed by atoms with Crippen molar-refractivity contribution in [3.05, 3.63) is 89.5 Å². The summed E-state index contributed by atoms with van der Waals surface area (Å²) in [6.07, 6.45) is 0.588. The van der Waals surface area contributed by atoms with Crippen LogP contribution in [0, 0.1) is 0 Å². The summed E-state index contributed by atoms with van der Waals surface area (Å²) in [4.78, 5) is 10.6. The summed E-state index contributed by atoms with van der Waals surface area (Å²) < 4.78 is 0. The van der Waals surface area contributed by atoms with Gasteiger partial charge in [0, 0.05) is 24.8 Å². The number of nitrogens with one attached hydrogen (secondary N) is 4. The molecule has 0 aliphatic carbocycles. The summed E-state index contributed by atoms with van der Waals surface area (Å²) in [6, 6.07) is 23.6. The van der Waals surface area contributed by atoms with E-state index < -0.39 is 6.10 Å². The molecule has 0 saturated heterocycles. The Morgan fingerprint density at radius 1 is 0.939 bits per heavy atom. The Hall–Kier alpha value is -3.39. The van der Waals surface area contributed by atoms with Gasteiger partial charge in [0.15, 0.2) is 0 Å². The standard InChI is InChI=1S/C26H32N4O3/c1-27-24(20-5-3-2-4-6-20)16-29-22-10-7-19(8-11-22)13-14-28-17-26(33)21-9-12-25(32)23(15-21)30-18-31/h2-12,15,18,24,26-29,32-33H,13-14,16-17H2,1H3,(H,30,31). The first kappa shape index (κ1) is 24.3. The van der Waals surface area contributed by atoms with E-state index in [0.717, 1.165) is 25.2 Å². The number of rotatable bonds is 13. The van der Waals surface area contributed by atoms with E-state index >= 15 is 0 Å². The number of carbonyl (C=O) groups is 1. The third-order valence-corrected chi connectivity index (χ3v) is 5.56. The summed E-state index contributed by atoms with van der Waals surface area (Å²) in [7, 11) is 1.97. The summed E-state index contributed by atoms with van der Waals surface area (Å²) >= 11 is 0. The monoisotopic (exact) mass is 448 g/mol. The predicted octanol–water partition coefficient (Wildman–Crippen LogP) is 3.20. The normalized spacial score (nSPS) is 12.7. The molecule has 33 heavy (non-hydrogen) atoms. The lowest BCUT2D eigenvalue weighted by Crippen LogP contribution is -2.24. The van der Waals surface area contributed by atoms with Crippen molar-refractivity contribution in [3.8, 4) is 5.75 Å². The molecule has 3 aromatic carbocycles. The molecule has 2 unspecified atom stereocenters. The van der Waals surface area contributed by atoms with E-state index in [1.807, 2.05) is 13.1 Å². The Kier molecular flexibility index (Phi) is 9.26. The van der Waals surface area contributed by atoms with E-state index in [9.17, 15) is 15.0 Å². The molecule has 0 saturated carbocycles. The molecule has 7 nitrogen and oxygen atoms in total. The fourth-order valence-electron chi connectivity index (χ4n) is 3.61. The van der Waals surface area contributed by atoms with Crippen LogP contribution in [0.5, 0.6) is 5.75 Å². The van der Waals surface area contributed by atoms with Crippen LogP contribution in [0.15, 0.2) is 72.8 Å². The molecule has 3 rings (SSSR count). The van der Waals surface area contributed by atoms with Crippen LogP contribution in [-0.4, -0.2) is 43.3 Å². The average molecular weight is 449 g/mol. The van der Waals surface area contributed by atoms with Crippen LogP contribution < -0.4 is 21.3 Å². The van der Waals surface area contributed by atoms with Crippen LogP contribution in [0.1, 0.15) is 28.8 Å². The van der Waals surface area contributed by atoms with Gasteiger partial charge in [-0.25, -0.2) is 0 Å². The lowest BCUT2D eigenvalue weighted by molar-refractivity contribution is -0.105. The summed E-state index contributed by atoms with van der Waals surface area (Å²) in [5, 5.41) is 32.6. The van der Waals surface area contributed by atoms with Crippen molar-refractivity contribution in [1.29, 1.82) is 0 Å². The highest BCUT2D eigenvalue weighted by Gasteiger charge is 2.11. The number of amides is 1. The van der Waals surface area contributed by atoms with Crippen LogP contribution in [0.3, 0.4) is 0 Å². The van der Waals surface area contributed by atoms with Crippen molar-refractivity contribution < 1.29 is 15.0 Å². The highest BCUT2D eigenvalue weighted by molar-refractivity contribution is 5.75. The number of hydrogen-bond acceptors (Lipinski definition) is 6. The molecule has 0 aliphatic heterocycles. The molecule has 0 heterocycles. The van der Waals surface area contributed by atoms with Crippen molar-refractivity contribution in [1.82, 2.24) is 10.6 Å². The number of likely N-dealkylation sites (N-methyl/N-ethyl adjacent to an activating group) is 1. The van der Waals surface area contributed by atoms with E-state index in [1.165, 1.54) is 17.2 Å². The number of anilines is 2. The first-order chi connectivity index (χ1) is 16.1. The Balaban J connectivity index is 1.41. The lowest BCUT2D eigenvalue weighted by Gasteiger charge is -2.18. The first-order valence-electron chi connectivity index (χ1n) is 11.1. The average Bonchev–Trinajstić information content (AvgIpc) is 2.85. The zero-order chi connectivity index (χ0) is 23.5. The largest absolute Gasteiger partial charge is 0.506 e. The molecular weight excluding hydrogens is 416 g/mol. The second-order valence-electron chi connectivity index (χ2n) is 7.84. The number of aliphatic hydroxyl groups is 1. The van der Waals surface area contributed by atoms with Crippen LogP contribution in [-0.2, 0) is 11.2 Å². The van der Waals surface area contributed by atoms with E-state index in [-0.39, 0.29) is 17.5 Å². The highest BCUT2D eigenvalue weighted by Crippen LogP contribution is 2.26. The number of phenolic OH excluding ortho intramolecular Hbond substituents is 1. The van der Waals surface area contributed by atoms with Gasteiger partial charge in [-0.05, 0) is 61.0 Å². The number of aromatic hydroxyl groups is 1. The van der Waals surface area contributed by atoms with Gasteiger partial charge < -0.3 is 31.5 Å². The van der Waals surface area contributed by atoms with Crippen molar-refractivity contribution in [2.75, 3.05) is 37.3 Å². The Labute approximate surface area is 194 Å². The molecule has 7 heteroatoms. The maximum Gasteiger partial charge on any atom is 0.211 e. The van der Waals surface area contributed by atoms with E-state index in [4.69, 9.17) is 0 Å². The minimum absolute atomic E-state index is 0.0366. The number of hydrogen-bond donors (Lipinski definition) is 6.